The van der Waals surface area contributed by atoms with E-state index in [2.05, 4.69) is 10.3 Å². The minimum Gasteiger partial charge on any atom is -0.366 e. The number of halogens is 7. The molecule has 1 aliphatic heterocycles. The molecule has 15 heteroatoms. The standard InChI is InChI=1S/C27H27ClF6N4O3S/c1-23(2)20(21(39)35-15-26(30,31)27(32,33)34)36-22(37-23)24-12-25(13-24,14-24)38(11-16-8-9-18(28)19(29)10-16)42(40,41)17-6-4-3-5-7-17/h3-10,20H,11-15H2,1-2H3,(H,35,39)(H,36,37)/t20-,24?,25?/m0/s1. The van der Waals surface area contributed by atoms with Crippen molar-refractivity contribution < 1.29 is 39.6 Å². The third-order valence-corrected chi connectivity index (χ3v) is 10.5. The highest BCUT2D eigenvalue weighted by Crippen LogP contribution is 2.71. The number of sulfonamides is 1. The van der Waals surface area contributed by atoms with Crippen LogP contribution in [0.3, 0.4) is 0 Å². The smallest absolute Gasteiger partial charge is 0.366 e. The minimum atomic E-state index is -5.82. The van der Waals surface area contributed by atoms with Gasteiger partial charge in [0.1, 0.15) is 11.7 Å². The van der Waals surface area contributed by atoms with Crippen LogP contribution in [0.15, 0.2) is 58.4 Å². The molecule has 0 aromatic heterocycles. The van der Waals surface area contributed by atoms with Crippen molar-refractivity contribution in [3.63, 3.8) is 0 Å². The van der Waals surface area contributed by atoms with Crippen molar-refractivity contribution in [2.75, 3.05) is 6.54 Å². The second kappa shape index (κ2) is 9.84. The number of amides is 1. The van der Waals surface area contributed by atoms with Crippen molar-refractivity contribution in [1.29, 1.82) is 0 Å². The maximum atomic E-state index is 14.2. The van der Waals surface area contributed by atoms with Gasteiger partial charge in [0.25, 0.3) is 0 Å². The summed E-state index contributed by atoms with van der Waals surface area (Å²) in [5.74, 6) is -6.52. The van der Waals surface area contributed by atoms with E-state index in [0.717, 1.165) is 0 Å². The molecule has 3 aliphatic carbocycles. The molecule has 3 fully saturated rings. The van der Waals surface area contributed by atoms with E-state index in [1.165, 1.54) is 34.6 Å². The zero-order chi connectivity index (χ0) is 30.9. The normalized spacial score (nSPS) is 26.6. The van der Waals surface area contributed by atoms with Crippen molar-refractivity contribution in [2.45, 2.75) is 73.8 Å². The fraction of sp³-hybridized carbons (Fsp3) is 0.481. The molecule has 4 aliphatic rings. The number of carbonyl (C=O) groups is 1. The third-order valence-electron chi connectivity index (χ3n) is 8.21. The molecule has 3 saturated carbocycles. The molecule has 2 aromatic carbocycles. The summed E-state index contributed by atoms with van der Waals surface area (Å²) in [7, 11) is -4.04. The Labute approximate surface area is 243 Å². The summed E-state index contributed by atoms with van der Waals surface area (Å²) < 4.78 is 108. The number of nitrogens with zero attached hydrogens (tertiary/aromatic N) is 2. The lowest BCUT2D eigenvalue weighted by Gasteiger charge is -2.73. The molecule has 42 heavy (non-hydrogen) atoms. The summed E-state index contributed by atoms with van der Waals surface area (Å²) >= 11 is 5.81. The molecule has 1 heterocycles. The maximum Gasteiger partial charge on any atom is 0.455 e. The van der Waals surface area contributed by atoms with Crippen LogP contribution in [0.1, 0.15) is 38.7 Å². The molecular formula is C27H27ClF6N4O3S. The van der Waals surface area contributed by atoms with Crippen LogP contribution in [-0.4, -0.2) is 60.2 Å². The largest absolute Gasteiger partial charge is 0.455 e. The zero-order valence-corrected chi connectivity index (χ0v) is 24.0. The molecular weight excluding hydrogens is 610 g/mol. The van der Waals surface area contributed by atoms with E-state index in [1.54, 1.807) is 37.4 Å². The lowest BCUT2D eigenvalue weighted by molar-refractivity contribution is -0.278. The molecule has 0 spiro atoms. The summed E-state index contributed by atoms with van der Waals surface area (Å²) in [4.78, 5) is 17.1. The molecule has 0 unspecified atom stereocenters. The second-order valence-corrected chi connectivity index (χ2v) is 14.0. The molecule has 228 valence electrons. The van der Waals surface area contributed by atoms with E-state index in [9.17, 15) is 39.6 Å². The first-order chi connectivity index (χ1) is 19.3. The molecule has 0 saturated heterocycles. The first kappa shape index (κ1) is 30.6. The van der Waals surface area contributed by atoms with Gasteiger partial charge in [0.15, 0.2) is 6.04 Å². The number of aliphatic imine (C=N–C) groups is 1. The average molecular weight is 637 g/mol. The van der Waals surface area contributed by atoms with E-state index in [-0.39, 0.29) is 16.5 Å². The summed E-state index contributed by atoms with van der Waals surface area (Å²) in [6, 6.07) is 10.5. The summed E-state index contributed by atoms with van der Waals surface area (Å²) in [6.45, 7) is 1.08. The van der Waals surface area contributed by atoms with Crippen LogP contribution in [0.25, 0.3) is 0 Å². The molecule has 2 N–H and O–H groups in total. The minimum absolute atomic E-state index is 0.0584. The number of hydrogen-bond donors (Lipinski definition) is 2. The first-order valence-corrected chi connectivity index (χ1v) is 14.7. The highest BCUT2D eigenvalue weighted by Gasteiger charge is 2.75. The Kier molecular flexibility index (Phi) is 7.18. The molecule has 2 bridgehead atoms. The Balaban J connectivity index is 1.37. The molecule has 1 atom stereocenters. The van der Waals surface area contributed by atoms with E-state index in [4.69, 9.17) is 11.6 Å². The number of hydrogen-bond acceptors (Lipinski definition) is 5. The predicted octanol–water partition coefficient (Wildman–Crippen LogP) is 5.06. The van der Waals surface area contributed by atoms with Crippen LogP contribution in [0.4, 0.5) is 26.3 Å². The molecule has 6 rings (SSSR count). The number of nitrogens with one attached hydrogen (secondary N) is 2. The van der Waals surface area contributed by atoms with Crippen molar-refractivity contribution in [2.24, 2.45) is 10.4 Å². The number of alkyl halides is 5. The Bertz CT molecular complexity index is 1530. The Hall–Kier alpha value is -2.84. The lowest BCUT2D eigenvalue weighted by atomic mass is 9.38. The number of amidine groups is 1. The SMILES string of the molecule is CC1(C)NC(C23CC(N(Cc4ccc(Cl)c(F)c4)S(=O)(=O)c4ccccc4)(C2)C3)=N[C@H]1C(=O)NCC(F)(F)C(F)(F)F. The van der Waals surface area contributed by atoms with Crippen molar-refractivity contribution in [1.82, 2.24) is 14.9 Å². The summed E-state index contributed by atoms with van der Waals surface area (Å²) in [6.07, 6.45) is -4.89. The van der Waals surface area contributed by atoms with Crippen LogP contribution in [-0.2, 0) is 21.4 Å². The van der Waals surface area contributed by atoms with Crippen molar-refractivity contribution >= 4 is 33.4 Å². The van der Waals surface area contributed by atoms with Gasteiger partial charge in [-0.1, -0.05) is 35.9 Å². The second-order valence-electron chi connectivity index (χ2n) is 11.8. The summed E-state index contributed by atoms with van der Waals surface area (Å²) in [5.41, 5.74) is -2.20. The lowest BCUT2D eigenvalue weighted by Crippen LogP contribution is -2.78. The van der Waals surface area contributed by atoms with Gasteiger partial charge < -0.3 is 10.6 Å². The van der Waals surface area contributed by atoms with Crippen LogP contribution in [0, 0.1) is 11.2 Å². The average Bonchev–Trinajstić information content (AvgIpc) is 3.17. The maximum absolute atomic E-state index is 14.2. The Morgan fingerprint density at radius 2 is 1.71 bits per heavy atom. The van der Waals surface area contributed by atoms with Crippen molar-refractivity contribution in [3.8, 4) is 0 Å². The van der Waals surface area contributed by atoms with Gasteiger partial charge in [0, 0.05) is 17.5 Å². The fourth-order valence-electron chi connectivity index (χ4n) is 6.03. The van der Waals surface area contributed by atoms with Gasteiger partial charge in [-0.25, -0.2) is 12.8 Å². The van der Waals surface area contributed by atoms with E-state index in [1.807, 2.05) is 0 Å². The van der Waals surface area contributed by atoms with E-state index >= 15 is 0 Å². The van der Waals surface area contributed by atoms with E-state index in [0.29, 0.717) is 30.7 Å². The topological polar surface area (TPSA) is 90.9 Å². The zero-order valence-electron chi connectivity index (χ0n) is 22.4. The van der Waals surface area contributed by atoms with Gasteiger partial charge in [0.2, 0.25) is 15.9 Å². The molecule has 1 amide bonds. The molecule has 7 nitrogen and oxygen atoms in total. The van der Waals surface area contributed by atoms with Gasteiger partial charge in [-0.05, 0) is 62.9 Å². The highest BCUT2D eigenvalue weighted by atomic mass is 35.5. The monoisotopic (exact) mass is 636 g/mol. The van der Waals surface area contributed by atoms with Gasteiger partial charge >= 0.3 is 12.1 Å². The number of carbonyl (C=O) groups excluding carboxylic acids is 1. The van der Waals surface area contributed by atoms with Crippen molar-refractivity contribution in [3.05, 3.63) is 64.9 Å². The van der Waals surface area contributed by atoms with E-state index < -0.39 is 62.9 Å². The summed E-state index contributed by atoms with van der Waals surface area (Å²) in [5, 5.41) is 4.67. The molecule has 2 aromatic rings. The van der Waals surface area contributed by atoms with Gasteiger partial charge in [-0.2, -0.15) is 26.3 Å². The van der Waals surface area contributed by atoms with Gasteiger partial charge in [0.05, 0.1) is 22.0 Å². The first-order valence-electron chi connectivity index (χ1n) is 12.9. The number of rotatable bonds is 9. The van der Waals surface area contributed by atoms with Crippen LogP contribution < -0.4 is 10.6 Å². The predicted molar refractivity (Wildman–Crippen MR) is 142 cm³/mol. The fourth-order valence-corrected chi connectivity index (χ4v) is 7.92. The van der Waals surface area contributed by atoms with Crippen LogP contribution in [0.5, 0.6) is 0 Å². The van der Waals surface area contributed by atoms with Crippen LogP contribution in [0.2, 0.25) is 5.02 Å². The Morgan fingerprint density at radius 3 is 2.29 bits per heavy atom. The third kappa shape index (κ3) is 5.04. The number of benzene rings is 2. The molecule has 0 radical (unpaired) electrons. The van der Waals surface area contributed by atoms with Gasteiger partial charge in [-0.3, -0.25) is 9.79 Å². The van der Waals surface area contributed by atoms with Crippen LogP contribution >= 0.6 is 11.6 Å². The highest BCUT2D eigenvalue weighted by molar-refractivity contribution is 7.89. The Morgan fingerprint density at radius 1 is 1.10 bits per heavy atom. The van der Waals surface area contributed by atoms with Gasteiger partial charge in [-0.15, -0.1) is 0 Å². The quantitative estimate of drug-likeness (QED) is 0.377.